The highest BCUT2D eigenvalue weighted by Gasteiger charge is 2.20. The summed E-state index contributed by atoms with van der Waals surface area (Å²) in [5.41, 5.74) is -0.293. The zero-order chi connectivity index (χ0) is 16.4. The first kappa shape index (κ1) is 20.1. The molecule has 1 heterocycles. The largest absolute Gasteiger partial charge is 0.313 e. The second kappa shape index (κ2) is 7.75. The summed E-state index contributed by atoms with van der Waals surface area (Å²) in [6, 6.07) is 3.10. The van der Waals surface area contributed by atoms with E-state index >= 15 is 0 Å². The second-order valence-corrected chi connectivity index (χ2v) is 8.68. The van der Waals surface area contributed by atoms with Crippen LogP contribution in [0, 0.1) is 5.82 Å². The van der Waals surface area contributed by atoms with E-state index in [1.54, 1.807) is 0 Å². The lowest BCUT2D eigenvalue weighted by atomic mass is 10.2. The molecule has 1 saturated heterocycles. The van der Waals surface area contributed by atoms with Gasteiger partial charge in [-0.1, -0.05) is 0 Å². The van der Waals surface area contributed by atoms with Crippen LogP contribution < -0.4 is 14.8 Å². The molecule has 0 aliphatic carbocycles. The van der Waals surface area contributed by atoms with E-state index in [4.69, 9.17) is 0 Å². The van der Waals surface area contributed by atoms with Crippen molar-refractivity contribution in [3.63, 3.8) is 0 Å². The number of rotatable bonds is 6. The highest BCUT2D eigenvalue weighted by Crippen LogP contribution is 2.20. The SMILES string of the molecule is CS(=O)(=O)Nc1ccc(S(=O)(=O)NCC2CCCN2)cc1F.Cl. The van der Waals surface area contributed by atoms with Crippen LogP contribution in [0.25, 0.3) is 0 Å². The van der Waals surface area contributed by atoms with E-state index < -0.39 is 25.9 Å². The quantitative estimate of drug-likeness (QED) is 0.664. The fourth-order valence-corrected chi connectivity index (χ4v) is 3.83. The zero-order valence-electron chi connectivity index (χ0n) is 12.4. The summed E-state index contributed by atoms with van der Waals surface area (Å²) in [5, 5.41) is 3.15. The van der Waals surface area contributed by atoms with Crippen molar-refractivity contribution in [2.24, 2.45) is 0 Å². The van der Waals surface area contributed by atoms with Crippen LogP contribution in [-0.2, 0) is 20.0 Å². The molecule has 2 rings (SSSR count). The molecule has 1 fully saturated rings. The number of benzene rings is 1. The Kier molecular flexibility index (Phi) is 6.78. The van der Waals surface area contributed by atoms with Gasteiger partial charge in [-0.3, -0.25) is 4.72 Å². The number of hydrogen-bond donors (Lipinski definition) is 3. The predicted octanol–water partition coefficient (Wildman–Crippen LogP) is 0.649. The lowest BCUT2D eigenvalue weighted by molar-refractivity contribution is 0.550. The summed E-state index contributed by atoms with van der Waals surface area (Å²) in [7, 11) is -7.47. The first-order valence-corrected chi connectivity index (χ1v) is 10.1. The molecule has 1 aliphatic rings. The summed E-state index contributed by atoms with van der Waals surface area (Å²) in [5.74, 6) is -0.952. The van der Waals surface area contributed by atoms with Crippen molar-refractivity contribution in [1.29, 1.82) is 0 Å². The molecule has 1 unspecified atom stereocenters. The monoisotopic (exact) mass is 387 g/mol. The van der Waals surface area contributed by atoms with Crippen molar-refractivity contribution in [3.05, 3.63) is 24.0 Å². The Bertz CT molecular complexity index is 750. The van der Waals surface area contributed by atoms with E-state index in [2.05, 4.69) is 10.0 Å². The molecule has 7 nitrogen and oxygen atoms in total. The van der Waals surface area contributed by atoms with Gasteiger partial charge in [0.05, 0.1) is 16.8 Å². The molecule has 132 valence electrons. The molecule has 0 aromatic heterocycles. The molecular weight excluding hydrogens is 369 g/mol. The van der Waals surface area contributed by atoms with Crippen molar-refractivity contribution in [3.8, 4) is 0 Å². The van der Waals surface area contributed by atoms with Crippen LogP contribution in [0.4, 0.5) is 10.1 Å². The molecule has 0 radical (unpaired) electrons. The Morgan fingerprint density at radius 3 is 2.52 bits per heavy atom. The number of halogens is 2. The fourth-order valence-electron chi connectivity index (χ4n) is 2.17. The molecule has 1 aromatic carbocycles. The van der Waals surface area contributed by atoms with E-state index in [-0.39, 0.29) is 35.6 Å². The van der Waals surface area contributed by atoms with Gasteiger partial charge in [-0.15, -0.1) is 12.4 Å². The van der Waals surface area contributed by atoms with Gasteiger partial charge in [0.25, 0.3) is 0 Å². The van der Waals surface area contributed by atoms with Crippen molar-refractivity contribution in [2.75, 3.05) is 24.1 Å². The smallest absolute Gasteiger partial charge is 0.240 e. The Morgan fingerprint density at radius 1 is 1.30 bits per heavy atom. The third kappa shape index (κ3) is 5.88. The Balaban J connectivity index is 0.00000264. The van der Waals surface area contributed by atoms with Crippen LogP contribution in [0.15, 0.2) is 23.1 Å². The van der Waals surface area contributed by atoms with Gasteiger partial charge < -0.3 is 5.32 Å². The minimum atomic E-state index is -3.84. The summed E-state index contributed by atoms with van der Waals surface area (Å²) < 4.78 is 64.5. The summed E-state index contributed by atoms with van der Waals surface area (Å²) in [6.45, 7) is 1.08. The molecule has 0 amide bonds. The molecule has 1 aromatic rings. The first-order valence-electron chi connectivity index (χ1n) is 6.68. The van der Waals surface area contributed by atoms with Crippen molar-refractivity contribution in [2.45, 2.75) is 23.8 Å². The minimum absolute atomic E-state index is 0. The number of hydrogen-bond acceptors (Lipinski definition) is 5. The maximum Gasteiger partial charge on any atom is 0.240 e. The number of anilines is 1. The maximum atomic E-state index is 13.8. The van der Waals surface area contributed by atoms with E-state index in [1.807, 2.05) is 4.72 Å². The van der Waals surface area contributed by atoms with Crippen LogP contribution in [0.2, 0.25) is 0 Å². The Labute approximate surface area is 141 Å². The Hall–Kier alpha value is -0.940. The summed E-state index contributed by atoms with van der Waals surface area (Å²) in [6.07, 6.45) is 2.76. The van der Waals surface area contributed by atoms with Gasteiger partial charge in [-0.2, -0.15) is 0 Å². The van der Waals surface area contributed by atoms with E-state index in [0.29, 0.717) is 0 Å². The van der Waals surface area contributed by atoms with Gasteiger partial charge in [0.1, 0.15) is 5.82 Å². The number of nitrogens with one attached hydrogen (secondary N) is 3. The molecule has 0 saturated carbocycles. The molecule has 11 heteroatoms. The fraction of sp³-hybridized carbons (Fsp3) is 0.500. The van der Waals surface area contributed by atoms with Crippen LogP contribution in [-0.4, -0.2) is 42.2 Å². The average Bonchev–Trinajstić information content (AvgIpc) is 2.90. The van der Waals surface area contributed by atoms with Crippen molar-refractivity contribution in [1.82, 2.24) is 10.0 Å². The zero-order valence-corrected chi connectivity index (χ0v) is 14.8. The van der Waals surface area contributed by atoms with Gasteiger partial charge >= 0.3 is 0 Å². The lowest BCUT2D eigenvalue weighted by Gasteiger charge is -2.13. The molecule has 3 N–H and O–H groups in total. The topological polar surface area (TPSA) is 104 Å². The maximum absolute atomic E-state index is 13.8. The van der Waals surface area contributed by atoms with E-state index in [1.165, 1.54) is 0 Å². The van der Waals surface area contributed by atoms with Crippen molar-refractivity contribution < 1.29 is 21.2 Å². The van der Waals surface area contributed by atoms with Crippen LogP contribution in [0.1, 0.15) is 12.8 Å². The van der Waals surface area contributed by atoms with Crippen LogP contribution in [0.3, 0.4) is 0 Å². The normalized spacial score (nSPS) is 18.4. The average molecular weight is 388 g/mol. The molecule has 23 heavy (non-hydrogen) atoms. The van der Waals surface area contributed by atoms with Gasteiger partial charge in [0, 0.05) is 12.6 Å². The minimum Gasteiger partial charge on any atom is -0.313 e. The lowest BCUT2D eigenvalue weighted by Crippen LogP contribution is -2.37. The summed E-state index contributed by atoms with van der Waals surface area (Å²) >= 11 is 0. The van der Waals surface area contributed by atoms with E-state index in [0.717, 1.165) is 43.8 Å². The standard InChI is InChI=1S/C12H18FN3O4S2.ClH/c1-21(17,18)16-12-5-4-10(7-11(12)13)22(19,20)15-8-9-3-2-6-14-9;/h4-5,7,9,14-16H,2-3,6,8H2,1H3;1H. The number of sulfonamides is 2. The summed E-state index contributed by atoms with van der Waals surface area (Å²) in [4.78, 5) is -0.248. The highest BCUT2D eigenvalue weighted by molar-refractivity contribution is 7.92. The van der Waals surface area contributed by atoms with Crippen LogP contribution >= 0.6 is 12.4 Å². The first-order chi connectivity index (χ1) is 10.2. The van der Waals surface area contributed by atoms with Crippen LogP contribution in [0.5, 0.6) is 0 Å². The van der Waals surface area contributed by atoms with Gasteiger partial charge in [-0.05, 0) is 37.6 Å². The second-order valence-electron chi connectivity index (χ2n) is 5.16. The third-order valence-electron chi connectivity index (χ3n) is 3.23. The van der Waals surface area contributed by atoms with E-state index in [9.17, 15) is 21.2 Å². The third-order valence-corrected chi connectivity index (χ3v) is 5.24. The van der Waals surface area contributed by atoms with Gasteiger partial charge in [0.2, 0.25) is 20.0 Å². The molecular formula is C12H19ClFN3O4S2. The Morgan fingerprint density at radius 2 is 2.00 bits per heavy atom. The predicted molar refractivity (Wildman–Crippen MR) is 88.3 cm³/mol. The molecule has 0 spiro atoms. The molecule has 1 atom stereocenters. The highest BCUT2D eigenvalue weighted by atomic mass is 35.5. The van der Waals surface area contributed by atoms with Crippen molar-refractivity contribution >= 4 is 38.1 Å². The van der Waals surface area contributed by atoms with Gasteiger partial charge in [0.15, 0.2) is 0 Å². The molecule has 1 aliphatic heterocycles. The molecule has 0 bridgehead atoms. The van der Waals surface area contributed by atoms with Gasteiger partial charge in [-0.25, -0.2) is 25.9 Å².